The number of phenols is 1. The third-order valence-electron chi connectivity index (χ3n) is 4.50. The molecule has 0 aliphatic rings. The first-order valence-electron chi connectivity index (χ1n) is 9.91. The van der Waals surface area contributed by atoms with Crippen LogP contribution in [-0.2, 0) is 4.74 Å². The number of nitrogens with one attached hydrogen (secondary N) is 2. The Morgan fingerprint density at radius 2 is 1.26 bits per heavy atom. The second-order valence-corrected chi connectivity index (χ2v) is 8.75. The molecule has 3 rings (SSSR count). The second-order valence-electron chi connectivity index (χ2n) is 6.91. The monoisotopic (exact) mass is 600 g/mol. The molecule has 178 valence electrons. The van der Waals surface area contributed by atoms with Gasteiger partial charge >= 0.3 is 5.97 Å². The number of hydrogen-bond donors (Lipinski definition) is 3. The molecule has 0 bridgehead atoms. The van der Waals surface area contributed by atoms with Crippen LogP contribution in [0.2, 0.25) is 0 Å². The van der Waals surface area contributed by atoms with Crippen LogP contribution < -0.4 is 10.9 Å². The van der Waals surface area contributed by atoms with E-state index in [1.807, 2.05) is 0 Å². The highest BCUT2D eigenvalue weighted by Crippen LogP contribution is 2.23. The number of carbonyl (C=O) groups is 3. The zero-order valence-electron chi connectivity index (χ0n) is 18.2. The SMILES string of the molecule is COC(=O)c1cc(/C=N\NC(=O)c2cccc(Br)c2)c(O)c(/C=N/NC(=O)c2cccc(Br)c2)c1. The summed E-state index contributed by atoms with van der Waals surface area (Å²) in [7, 11) is 1.22. The summed E-state index contributed by atoms with van der Waals surface area (Å²) in [5, 5.41) is 18.4. The van der Waals surface area contributed by atoms with E-state index in [1.54, 1.807) is 48.5 Å². The summed E-state index contributed by atoms with van der Waals surface area (Å²) in [4.78, 5) is 36.6. The summed E-state index contributed by atoms with van der Waals surface area (Å²) in [5.74, 6) is -1.88. The summed E-state index contributed by atoms with van der Waals surface area (Å²) in [6.07, 6.45) is 2.35. The number of hydrazone groups is 2. The van der Waals surface area contributed by atoms with E-state index in [1.165, 1.54) is 31.7 Å². The van der Waals surface area contributed by atoms with E-state index in [-0.39, 0.29) is 22.4 Å². The minimum absolute atomic E-state index is 0.102. The van der Waals surface area contributed by atoms with Gasteiger partial charge < -0.3 is 9.84 Å². The minimum Gasteiger partial charge on any atom is -0.507 e. The van der Waals surface area contributed by atoms with Crippen molar-refractivity contribution in [3.05, 3.63) is 97.4 Å². The largest absolute Gasteiger partial charge is 0.507 e. The molecule has 0 saturated carbocycles. The molecule has 0 spiro atoms. The van der Waals surface area contributed by atoms with E-state index in [0.29, 0.717) is 11.1 Å². The molecule has 3 N–H and O–H groups in total. The second kappa shape index (κ2) is 12.0. The highest BCUT2D eigenvalue weighted by Gasteiger charge is 2.14. The van der Waals surface area contributed by atoms with E-state index < -0.39 is 17.8 Å². The van der Waals surface area contributed by atoms with Crippen molar-refractivity contribution in [2.24, 2.45) is 10.2 Å². The van der Waals surface area contributed by atoms with Gasteiger partial charge in [-0.25, -0.2) is 15.6 Å². The van der Waals surface area contributed by atoms with Gasteiger partial charge in [-0.05, 0) is 48.5 Å². The summed E-state index contributed by atoms with van der Waals surface area (Å²) in [6.45, 7) is 0. The Bertz CT molecular complexity index is 1250. The van der Waals surface area contributed by atoms with Crippen LogP contribution in [0.3, 0.4) is 0 Å². The molecule has 2 amide bonds. The van der Waals surface area contributed by atoms with Crippen molar-refractivity contribution in [1.82, 2.24) is 10.9 Å². The van der Waals surface area contributed by atoms with Crippen LogP contribution in [0.1, 0.15) is 42.2 Å². The quantitative estimate of drug-likeness (QED) is 0.212. The molecule has 0 aliphatic heterocycles. The lowest BCUT2D eigenvalue weighted by atomic mass is 10.0. The van der Waals surface area contributed by atoms with E-state index in [9.17, 15) is 19.5 Å². The van der Waals surface area contributed by atoms with Crippen molar-refractivity contribution in [2.45, 2.75) is 0 Å². The van der Waals surface area contributed by atoms with Crippen LogP contribution in [0.5, 0.6) is 5.75 Å². The number of carbonyl (C=O) groups excluding carboxylic acids is 3. The topological polar surface area (TPSA) is 129 Å². The highest BCUT2D eigenvalue weighted by atomic mass is 79.9. The molecule has 35 heavy (non-hydrogen) atoms. The van der Waals surface area contributed by atoms with E-state index in [0.717, 1.165) is 8.95 Å². The van der Waals surface area contributed by atoms with Gasteiger partial charge in [0.05, 0.1) is 25.1 Å². The van der Waals surface area contributed by atoms with E-state index in [2.05, 4.69) is 52.9 Å². The van der Waals surface area contributed by atoms with Crippen molar-refractivity contribution in [3.63, 3.8) is 0 Å². The summed E-state index contributed by atoms with van der Waals surface area (Å²) < 4.78 is 6.21. The van der Waals surface area contributed by atoms with Crippen molar-refractivity contribution in [3.8, 4) is 5.75 Å². The average Bonchev–Trinajstić information content (AvgIpc) is 2.85. The lowest BCUT2D eigenvalue weighted by Crippen LogP contribution is -2.18. The summed E-state index contributed by atoms with van der Waals surface area (Å²) >= 11 is 6.58. The smallest absolute Gasteiger partial charge is 0.337 e. The Labute approximate surface area is 217 Å². The predicted octanol–water partition coefficient (Wildman–Crippen LogP) is 4.23. The van der Waals surface area contributed by atoms with Crippen LogP contribution in [0.15, 0.2) is 79.8 Å². The lowest BCUT2D eigenvalue weighted by molar-refractivity contribution is 0.0600. The summed E-state index contributed by atoms with van der Waals surface area (Å²) in [5.41, 5.74) is 5.78. The fourth-order valence-corrected chi connectivity index (χ4v) is 3.62. The molecule has 3 aromatic carbocycles. The molecule has 9 nitrogen and oxygen atoms in total. The Hall–Kier alpha value is -3.83. The van der Waals surface area contributed by atoms with Gasteiger partial charge in [0.1, 0.15) is 5.75 Å². The number of amides is 2. The molecule has 0 fully saturated rings. The Balaban J connectivity index is 1.81. The molecule has 0 aromatic heterocycles. The van der Waals surface area contributed by atoms with E-state index in [4.69, 9.17) is 4.74 Å². The van der Waals surface area contributed by atoms with Gasteiger partial charge in [-0.2, -0.15) is 10.2 Å². The van der Waals surface area contributed by atoms with Crippen molar-refractivity contribution in [1.29, 1.82) is 0 Å². The number of halogens is 2. The predicted molar refractivity (Wildman–Crippen MR) is 138 cm³/mol. The molecule has 0 heterocycles. The number of hydrogen-bond acceptors (Lipinski definition) is 7. The van der Waals surface area contributed by atoms with Crippen molar-refractivity contribution in [2.75, 3.05) is 7.11 Å². The molecular formula is C24H18Br2N4O5. The molecular weight excluding hydrogens is 584 g/mol. The van der Waals surface area contributed by atoms with Gasteiger partial charge in [-0.15, -0.1) is 0 Å². The molecule has 0 aliphatic carbocycles. The minimum atomic E-state index is -0.661. The third-order valence-corrected chi connectivity index (χ3v) is 5.49. The standard InChI is InChI=1S/C24H18Br2N4O5/c1-35-24(34)16-8-17(12-27-29-22(32)14-4-2-6-19(25)10-14)21(31)18(9-16)13-28-30-23(33)15-5-3-7-20(26)11-15/h2-13,31H,1H3,(H,29,32)(H,30,33)/b27-12-,28-13+. The van der Waals surface area contributed by atoms with Gasteiger partial charge in [0.15, 0.2) is 0 Å². The highest BCUT2D eigenvalue weighted by molar-refractivity contribution is 9.10. The van der Waals surface area contributed by atoms with E-state index >= 15 is 0 Å². The zero-order valence-corrected chi connectivity index (χ0v) is 21.3. The Morgan fingerprint density at radius 3 is 1.66 bits per heavy atom. The number of phenolic OH excluding ortho intramolecular Hbond substituents is 1. The number of esters is 1. The fourth-order valence-electron chi connectivity index (χ4n) is 2.82. The molecule has 11 heteroatoms. The molecule has 3 aromatic rings. The van der Waals surface area contributed by atoms with Crippen LogP contribution in [-0.4, -0.2) is 42.4 Å². The maximum absolute atomic E-state index is 12.3. The Kier molecular flexibility index (Phi) is 8.87. The first-order chi connectivity index (χ1) is 16.8. The Morgan fingerprint density at radius 1 is 0.800 bits per heavy atom. The van der Waals surface area contributed by atoms with Crippen LogP contribution >= 0.6 is 31.9 Å². The number of nitrogens with zero attached hydrogens (tertiary/aromatic N) is 2. The number of methoxy groups -OCH3 is 1. The van der Waals surface area contributed by atoms with Gasteiger partial charge in [-0.3, -0.25) is 9.59 Å². The first-order valence-corrected chi connectivity index (χ1v) is 11.5. The molecule has 0 saturated heterocycles. The van der Waals surface area contributed by atoms with Crippen molar-refractivity contribution < 1.29 is 24.2 Å². The molecule has 0 unspecified atom stereocenters. The number of rotatable bonds is 7. The number of ether oxygens (including phenoxy) is 1. The molecule has 0 radical (unpaired) electrons. The third kappa shape index (κ3) is 7.08. The van der Waals surface area contributed by atoms with Gasteiger partial charge in [0.2, 0.25) is 0 Å². The maximum Gasteiger partial charge on any atom is 0.337 e. The van der Waals surface area contributed by atoms with Crippen molar-refractivity contribution >= 4 is 62.1 Å². The van der Waals surface area contributed by atoms with Gasteiger partial charge in [-0.1, -0.05) is 44.0 Å². The normalized spacial score (nSPS) is 10.9. The van der Waals surface area contributed by atoms with Gasteiger partial charge in [0.25, 0.3) is 11.8 Å². The van der Waals surface area contributed by atoms with Gasteiger partial charge in [0, 0.05) is 31.2 Å². The maximum atomic E-state index is 12.3. The van der Waals surface area contributed by atoms with Crippen LogP contribution in [0.4, 0.5) is 0 Å². The number of benzene rings is 3. The van der Waals surface area contributed by atoms with Crippen LogP contribution in [0, 0.1) is 0 Å². The lowest BCUT2D eigenvalue weighted by Gasteiger charge is -2.07. The summed E-state index contributed by atoms with van der Waals surface area (Å²) in [6, 6.07) is 16.1. The fraction of sp³-hybridized carbons (Fsp3) is 0.0417. The molecule has 0 atom stereocenters. The van der Waals surface area contributed by atoms with Crippen LogP contribution in [0.25, 0.3) is 0 Å². The number of aromatic hydroxyl groups is 1. The average molecular weight is 602 g/mol. The zero-order chi connectivity index (χ0) is 25.4. The first kappa shape index (κ1) is 25.8.